The summed E-state index contributed by atoms with van der Waals surface area (Å²) in [6.07, 6.45) is 0. The van der Waals surface area contributed by atoms with Crippen LogP contribution in [0, 0.1) is 6.92 Å². The van der Waals surface area contributed by atoms with Gasteiger partial charge in [-0.1, -0.05) is 63.6 Å². The molecule has 0 aliphatic heterocycles. The molecule has 0 radical (unpaired) electrons. The van der Waals surface area contributed by atoms with Gasteiger partial charge in [0.15, 0.2) is 5.71 Å². The van der Waals surface area contributed by atoms with Crippen molar-refractivity contribution in [2.75, 3.05) is 6.61 Å². The van der Waals surface area contributed by atoms with E-state index in [1.807, 2.05) is 73.7 Å². The first-order valence-electron chi connectivity index (χ1n) is 11.4. The highest BCUT2D eigenvalue weighted by Gasteiger charge is 2.17. The maximum Gasteiger partial charge on any atom is 0.361 e. The Balaban J connectivity index is 1.36. The number of oxime groups is 1. The molecule has 1 aromatic heterocycles. The van der Waals surface area contributed by atoms with Gasteiger partial charge in [-0.25, -0.2) is 9.78 Å². The van der Waals surface area contributed by atoms with Crippen molar-refractivity contribution in [3.8, 4) is 17.2 Å². The molecule has 0 bridgehead atoms. The maximum absolute atomic E-state index is 12.4. The van der Waals surface area contributed by atoms with Crippen LogP contribution in [0.4, 0.5) is 0 Å². The van der Waals surface area contributed by atoms with Gasteiger partial charge in [0.05, 0.1) is 6.61 Å². The summed E-state index contributed by atoms with van der Waals surface area (Å²) in [6, 6.07) is 24.4. The van der Waals surface area contributed by atoms with E-state index in [-0.39, 0.29) is 25.5 Å². The van der Waals surface area contributed by atoms with E-state index in [4.69, 9.17) is 18.7 Å². The van der Waals surface area contributed by atoms with Crippen LogP contribution in [0.25, 0.3) is 11.5 Å². The molecule has 0 N–H and O–H groups in total. The first kappa shape index (κ1) is 25.2. The summed E-state index contributed by atoms with van der Waals surface area (Å²) in [7, 11) is 0. The van der Waals surface area contributed by atoms with E-state index in [0.717, 1.165) is 27.1 Å². The van der Waals surface area contributed by atoms with Crippen molar-refractivity contribution in [1.29, 1.82) is 0 Å². The Hall–Kier alpha value is -3.91. The van der Waals surface area contributed by atoms with Gasteiger partial charge in [-0.15, -0.1) is 0 Å². The van der Waals surface area contributed by atoms with Crippen LogP contribution in [-0.4, -0.2) is 23.3 Å². The third-order valence-electron chi connectivity index (χ3n) is 5.17. The minimum Gasteiger partial charge on any atom is -0.487 e. The molecule has 0 saturated heterocycles. The molecule has 0 saturated carbocycles. The van der Waals surface area contributed by atoms with E-state index < -0.39 is 5.97 Å². The summed E-state index contributed by atoms with van der Waals surface area (Å²) >= 11 is 3.40. The monoisotopic (exact) mass is 548 g/mol. The lowest BCUT2D eigenvalue weighted by molar-refractivity contribution is -0.135. The van der Waals surface area contributed by atoms with Gasteiger partial charge < -0.3 is 18.7 Å². The highest BCUT2D eigenvalue weighted by Crippen LogP contribution is 2.23. The number of rotatable bonds is 10. The molecule has 0 fully saturated rings. The number of hydrogen-bond donors (Lipinski definition) is 0. The Labute approximate surface area is 217 Å². The SMILES string of the molecule is CCOC(=O)/C(=N/OCc1ccc(OCc2nc(-c3ccccc3)oc2C)cc1)c1cccc(Br)c1. The largest absolute Gasteiger partial charge is 0.487 e. The molecule has 4 rings (SSSR count). The summed E-state index contributed by atoms with van der Waals surface area (Å²) in [5, 5.41) is 4.06. The number of oxazole rings is 1. The minimum absolute atomic E-state index is 0.107. The normalized spacial score (nSPS) is 11.2. The van der Waals surface area contributed by atoms with Gasteiger partial charge in [0.2, 0.25) is 5.89 Å². The summed E-state index contributed by atoms with van der Waals surface area (Å²) in [5.74, 6) is 1.44. The first-order chi connectivity index (χ1) is 17.5. The van der Waals surface area contributed by atoms with Crippen LogP contribution in [0.2, 0.25) is 0 Å². The standard InChI is InChI=1S/C28H25BrN2O5/c1-3-33-28(32)26(22-10-7-11-23(29)16-22)31-35-17-20-12-14-24(15-13-20)34-18-25-19(2)36-27(30-25)21-8-5-4-6-9-21/h4-16H,3,17-18H2,1-2H3/b31-26+. The number of benzene rings is 3. The molecular formula is C28H25BrN2O5. The fourth-order valence-corrected chi connectivity index (χ4v) is 3.71. The fourth-order valence-electron chi connectivity index (χ4n) is 3.31. The molecule has 8 heteroatoms. The van der Waals surface area contributed by atoms with Gasteiger partial charge in [0.1, 0.15) is 30.4 Å². The Bertz CT molecular complexity index is 1330. The predicted octanol–water partition coefficient (Wildman–Crippen LogP) is 6.48. The summed E-state index contributed by atoms with van der Waals surface area (Å²) in [5.41, 5.74) is 3.24. The lowest BCUT2D eigenvalue weighted by Gasteiger charge is -2.08. The van der Waals surface area contributed by atoms with E-state index in [1.165, 1.54) is 0 Å². The number of aryl methyl sites for hydroxylation is 1. The van der Waals surface area contributed by atoms with E-state index in [1.54, 1.807) is 19.1 Å². The molecule has 1 heterocycles. The first-order valence-corrected chi connectivity index (χ1v) is 12.2. The van der Waals surface area contributed by atoms with Gasteiger partial charge in [-0.3, -0.25) is 0 Å². The zero-order chi connectivity index (χ0) is 25.3. The number of carbonyl (C=O) groups is 1. The number of ether oxygens (including phenoxy) is 2. The molecule has 4 aromatic rings. The molecule has 0 atom stereocenters. The molecule has 7 nitrogen and oxygen atoms in total. The zero-order valence-corrected chi connectivity index (χ0v) is 21.5. The van der Waals surface area contributed by atoms with Crippen molar-refractivity contribution < 1.29 is 23.5 Å². The van der Waals surface area contributed by atoms with Crippen LogP contribution in [0.1, 0.15) is 29.5 Å². The molecule has 36 heavy (non-hydrogen) atoms. The van der Waals surface area contributed by atoms with Crippen LogP contribution < -0.4 is 4.74 Å². The van der Waals surface area contributed by atoms with Crippen LogP contribution in [0.5, 0.6) is 5.75 Å². The molecule has 0 aliphatic rings. The Kier molecular flexibility index (Phi) is 8.52. The molecule has 3 aromatic carbocycles. The third kappa shape index (κ3) is 6.60. The van der Waals surface area contributed by atoms with Crippen molar-refractivity contribution in [2.45, 2.75) is 27.1 Å². The van der Waals surface area contributed by atoms with E-state index in [0.29, 0.717) is 17.2 Å². The highest BCUT2D eigenvalue weighted by atomic mass is 79.9. The van der Waals surface area contributed by atoms with Crippen molar-refractivity contribution in [3.05, 3.63) is 106 Å². The average Bonchev–Trinajstić information content (AvgIpc) is 3.27. The Morgan fingerprint density at radius 1 is 1.00 bits per heavy atom. The van der Waals surface area contributed by atoms with Gasteiger partial charge in [-0.2, -0.15) is 0 Å². The van der Waals surface area contributed by atoms with Crippen LogP contribution >= 0.6 is 15.9 Å². The van der Waals surface area contributed by atoms with Gasteiger partial charge in [-0.05, 0) is 55.8 Å². The minimum atomic E-state index is -0.544. The number of nitrogens with zero attached hydrogens (tertiary/aromatic N) is 2. The lowest BCUT2D eigenvalue weighted by Crippen LogP contribution is -2.19. The second-order valence-corrected chi connectivity index (χ2v) is 8.68. The van der Waals surface area contributed by atoms with E-state index >= 15 is 0 Å². The number of hydrogen-bond acceptors (Lipinski definition) is 7. The maximum atomic E-state index is 12.4. The number of carbonyl (C=O) groups excluding carboxylic acids is 1. The van der Waals surface area contributed by atoms with Gasteiger partial charge in [0, 0.05) is 15.6 Å². The quantitative estimate of drug-likeness (QED) is 0.128. The molecule has 0 spiro atoms. The second kappa shape index (κ2) is 12.2. The molecule has 0 aliphatic carbocycles. The topological polar surface area (TPSA) is 83.2 Å². The summed E-state index contributed by atoms with van der Waals surface area (Å²) < 4.78 is 17.6. The Morgan fingerprint density at radius 2 is 1.78 bits per heavy atom. The lowest BCUT2D eigenvalue weighted by atomic mass is 10.1. The zero-order valence-electron chi connectivity index (χ0n) is 19.9. The molecule has 184 valence electrons. The third-order valence-corrected chi connectivity index (χ3v) is 5.66. The number of esters is 1. The van der Waals surface area contributed by atoms with Crippen LogP contribution in [0.3, 0.4) is 0 Å². The summed E-state index contributed by atoms with van der Waals surface area (Å²) in [4.78, 5) is 22.4. The van der Waals surface area contributed by atoms with Crippen molar-refractivity contribution in [3.63, 3.8) is 0 Å². The summed E-state index contributed by atoms with van der Waals surface area (Å²) in [6.45, 7) is 4.33. The van der Waals surface area contributed by atoms with Crippen molar-refractivity contribution in [1.82, 2.24) is 4.98 Å². The molecule has 0 amide bonds. The number of aromatic nitrogens is 1. The Morgan fingerprint density at radius 3 is 2.50 bits per heavy atom. The van der Waals surface area contributed by atoms with E-state index in [2.05, 4.69) is 26.1 Å². The smallest absolute Gasteiger partial charge is 0.361 e. The molecular weight excluding hydrogens is 524 g/mol. The average molecular weight is 549 g/mol. The predicted molar refractivity (Wildman–Crippen MR) is 140 cm³/mol. The number of halogens is 1. The fraction of sp³-hybridized carbons (Fsp3) is 0.179. The van der Waals surface area contributed by atoms with Gasteiger partial charge >= 0.3 is 5.97 Å². The highest BCUT2D eigenvalue weighted by molar-refractivity contribution is 9.10. The molecule has 0 unspecified atom stereocenters. The van der Waals surface area contributed by atoms with Crippen LogP contribution in [-0.2, 0) is 27.6 Å². The van der Waals surface area contributed by atoms with Gasteiger partial charge in [0.25, 0.3) is 0 Å². The second-order valence-electron chi connectivity index (χ2n) is 7.76. The van der Waals surface area contributed by atoms with Crippen molar-refractivity contribution in [2.24, 2.45) is 5.16 Å². The van der Waals surface area contributed by atoms with Crippen molar-refractivity contribution >= 4 is 27.6 Å². The van der Waals surface area contributed by atoms with Crippen LogP contribution in [0.15, 0.2) is 92.9 Å². The van der Waals surface area contributed by atoms with E-state index in [9.17, 15) is 4.79 Å².